The molecule has 1 amide bonds. The van der Waals surface area contributed by atoms with Crippen LogP contribution in [-0.4, -0.2) is 28.4 Å². The Hall–Kier alpha value is -2.50. The van der Waals surface area contributed by atoms with Crippen molar-refractivity contribution in [3.63, 3.8) is 0 Å². The maximum Gasteiger partial charge on any atom is 0.232 e. The van der Waals surface area contributed by atoms with Crippen molar-refractivity contribution < 1.29 is 14.1 Å². The van der Waals surface area contributed by atoms with Crippen molar-refractivity contribution in [3.05, 3.63) is 46.6 Å². The lowest BCUT2D eigenvalue weighted by Gasteiger charge is -2.10. The maximum atomic E-state index is 12.2. The predicted molar refractivity (Wildman–Crippen MR) is 99.2 cm³/mol. The molecule has 2 rings (SSSR count). The lowest BCUT2D eigenvalue weighted by Crippen LogP contribution is -2.26. The molecule has 1 aromatic heterocycles. The summed E-state index contributed by atoms with van der Waals surface area (Å²) < 4.78 is 5.21. The van der Waals surface area contributed by atoms with Crippen LogP contribution in [0, 0.1) is 13.8 Å². The molecule has 0 saturated heterocycles. The van der Waals surface area contributed by atoms with Crippen LogP contribution in [0.25, 0.3) is 0 Å². The molecule has 0 spiro atoms. The summed E-state index contributed by atoms with van der Waals surface area (Å²) in [6, 6.07) is 5.61. The fourth-order valence-electron chi connectivity index (χ4n) is 2.35. The van der Waals surface area contributed by atoms with E-state index in [0.717, 1.165) is 11.1 Å². The van der Waals surface area contributed by atoms with Crippen LogP contribution < -0.4 is 5.32 Å². The van der Waals surface area contributed by atoms with Gasteiger partial charge in [-0.2, -0.15) is 4.98 Å². The number of carbonyl (C=O) groups excluding carboxylic acids is 2. The lowest BCUT2D eigenvalue weighted by atomic mass is 9.97. The minimum absolute atomic E-state index is 0.0174. The first-order valence-electron chi connectivity index (χ1n) is 8.87. The van der Waals surface area contributed by atoms with Gasteiger partial charge in [0, 0.05) is 36.8 Å². The van der Waals surface area contributed by atoms with Crippen molar-refractivity contribution in [1.29, 1.82) is 0 Å². The highest BCUT2D eigenvalue weighted by molar-refractivity contribution is 5.98. The van der Waals surface area contributed by atoms with Crippen LogP contribution in [0.3, 0.4) is 0 Å². The number of amides is 1. The third-order valence-corrected chi connectivity index (χ3v) is 4.19. The molecular weight excluding hydrogens is 330 g/mol. The summed E-state index contributed by atoms with van der Waals surface area (Å²) in [4.78, 5) is 28.4. The second kappa shape index (κ2) is 8.25. The molecule has 0 atom stereocenters. The third kappa shape index (κ3) is 5.51. The van der Waals surface area contributed by atoms with E-state index in [1.807, 2.05) is 52.8 Å². The van der Waals surface area contributed by atoms with Gasteiger partial charge in [0.1, 0.15) is 0 Å². The minimum atomic E-state index is -0.191. The van der Waals surface area contributed by atoms with Gasteiger partial charge in [-0.05, 0) is 31.0 Å². The zero-order valence-corrected chi connectivity index (χ0v) is 16.2. The van der Waals surface area contributed by atoms with E-state index in [9.17, 15) is 9.59 Å². The molecule has 0 unspecified atom stereocenters. The number of benzene rings is 1. The predicted octanol–water partition coefficient (Wildman–Crippen LogP) is 3.31. The van der Waals surface area contributed by atoms with Gasteiger partial charge < -0.3 is 9.84 Å². The van der Waals surface area contributed by atoms with Gasteiger partial charge in [0.05, 0.1) is 0 Å². The second-order valence-electron chi connectivity index (χ2n) is 7.59. The van der Waals surface area contributed by atoms with E-state index in [0.29, 0.717) is 30.2 Å². The first kappa shape index (κ1) is 19.8. The Kier molecular flexibility index (Phi) is 6.29. The van der Waals surface area contributed by atoms with E-state index in [1.54, 1.807) is 0 Å². The zero-order chi connectivity index (χ0) is 19.3. The highest BCUT2D eigenvalue weighted by Crippen LogP contribution is 2.19. The van der Waals surface area contributed by atoms with Gasteiger partial charge >= 0.3 is 0 Å². The molecule has 0 aliphatic carbocycles. The van der Waals surface area contributed by atoms with Gasteiger partial charge in [0.2, 0.25) is 11.8 Å². The first-order chi connectivity index (χ1) is 12.2. The Morgan fingerprint density at radius 1 is 1.12 bits per heavy atom. The van der Waals surface area contributed by atoms with Gasteiger partial charge in [-0.3, -0.25) is 9.59 Å². The molecule has 1 N–H and O–H groups in total. The summed E-state index contributed by atoms with van der Waals surface area (Å²) in [5.74, 6) is 0.984. The van der Waals surface area contributed by atoms with Gasteiger partial charge in [0.15, 0.2) is 11.6 Å². The Bertz CT molecular complexity index is 788. The van der Waals surface area contributed by atoms with Gasteiger partial charge in [-0.1, -0.05) is 38.1 Å². The molecule has 0 fully saturated rings. The van der Waals surface area contributed by atoms with Crippen molar-refractivity contribution in [3.8, 4) is 0 Å². The number of nitrogens with zero attached hydrogens (tertiary/aromatic N) is 2. The molecule has 2 aromatic rings. The summed E-state index contributed by atoms with van der Waals surface area (Å²) in [7, 11) is 0. The molecule has 0 radical (unpaired) electrons. The lowest BCUT2D eigenvalue weighted by molar-refractivity contribution is -0.121. The SMILES string of the molecule is Cc1ccc(C(=O)CCC(=O)NCCc2noc(C(C)(C)C)n2)cc1C. The summed E-state index contributed by atoms with van der Waals surface area (Å²) in [6.07, 6.45) is 0.867. The number of carbonyl (C=O) groups is 2. The van der Waals surface area contributed by atoms with Crippen LogP contribution in [0.15, 0.2) is 22.7 Å². The molecule has 0 saturated carbocycles. The van der Waals surface area contributed by atoms with E-state index < -0.39 is 0 Å². The number of aryl methyl sites for hydroxylation is 2. The van der Waals surface area contributed by atoms with E-state index in [4.69, 9.17) is 4.52 Å². The quantitative estimate of drug-likeness (QED) is 0.769. The van der Waals surface area contributed by atoms with Gasteiger partial charge in [-0.25, -0.2) is 0 Å². The molecule has 0 aliphatic heterocycles. The average Bonchev–Trinajstić information content (AvgIpc) is 3.04. The van der Waals surface area contributed by atoms with E-state index in [1.165, 1.54) is 0 Å². The molecular formula is C20H27N3O3. The topological polar surface area (TPSA) is 85.1 Å². The summed E-state index contributed by atoms with van der Waals surface area (Å²) in [6.45, 7) is 10.4. The number of nitrogens with one attached hydrogen (secondary N) is 1. The van der Waals surface area contributed by atoms with Crippen molar-refractivity contribution in [2.45, 2.75) is 59.3 Å². The molecule has 140 valence electrons. The van der Waals surface area contributed by atoms with E-state index >= 15 is 0 Å². The van der Waals surface area contributed by atoms with Gasteiger partial charge in [0.25, 0.3) is 0 Å². The van der Waals surface area contributed by atoms with Crippen LogP contribution in [0.4, 0.5) is 0 Å². The molecule has 6 nitrogen and oxygen atoms in total. The number of aromatic nitrogens is 2. The Balaban J connectivity index is 1.74. The van der Waals surface area contributed by atoms with Crippen LogP contribution >= 0.6 is 0 Å². The number of hydrogen-bond donors (Lipinski definition) is 1. The third-order valence-electron chi connectivity index (χ3n) is 4.19. The molecule has 26 heavy (non-hydrogen) atoms. The highest BCUT2D eigenvalue weighted by Gasteiger charge is 2.21. The maximum absolute atomic E-state index is 12.2. The second-order valence-corrected chi connectivity index (χ2v) is 7.59. The Morgan fingerprint density at radius 3 is 2.46 bits per heavy atom. The van der Waals surface area contributed by atoms with Crippen molar-refractivity contribution in [2.24, 2.45) is 0 Å². The fourth-order valence-corrected chi connectivity index (χ4v) is 2.35. The highest BCUT2D eigenvalue weighted by atomic mass is 16.5. The summed E-state index contributed by atoms with van der Waals surface area (Å²) in [5, 5.41) is 6.71. The largest absolute Gasteiger partial charge is 0.356 e. The van der Waals surface area contributed by atoms with E-state index in [-0.39, 0.29) is 29.9 Å². The smallest absolute Gasteiger partial charge is 0.232 e. The van der Waals surface area contributed by atoms with Crippen LogP contribution in [0.2, 0.25) is 0 Å². The molecule has 1 heterocycles. The number of hydrogen-bond acceptors (Lipinski definition) is 5. The van der Waals surface area contributed by atoms with Crippen molar-refractivity contribution in [2.75, 3.05) is 6.54 Å². The van der Waals surface area contributed by atoms with Gasteiger partial charge in [-0.15, -0.1) is 0 Å². The minimum Gasteiger partial charge on any atom is -0.356 e. The number of rotatable bonds is 7. The molecule has 0 bridgehead atoms. The average molecular weight is 357 g/mol. The Labute approximate surface area is 154 Å². The van der Waals surface area contributed by atoms with Crippen molar-refractivity contribution >= 4 is 11.7 Å². The monoisotopic (exact) mass is 357 g/mol. The van der Waals surface area contributed by atoms with Crippen LogP contribution in [0.5, 0.6) is 0 Å². The molecule has 6 heteroatoms. The van der Waals surface area contributed by atoms with Crippen LogP contribution in [0.1, 0.15) is 66.8 Å². The Morgan fingerprint density at radius 2 is 1.85 bits per heavy atom. The normalized spacial score (nSPS) is 11.4. The molecule has 1 aromatic carbocycles. The van der Waals surface area contributed by atoms with Crippen LogP contribution in [-0.2, 0) is 16.6 Å². The van der Waals surface area contributed by atoms with E-state index in [2.05, 4.69) is 15.5 Å². The first-order valence-corrected chi connectivity index (χ1v) is 8.87. The summed E-state index contributed by atoms with van der Waals surface area (Å²) in [5.41, 5.74) is 2.69. The van der Waals surface area contributed by atoms with Crippen molar-refractivity contribution in [1.82, 2.24) is 15.5 Å². The molecule has 0 aliphatic rings. The zero-order valence-electron chi connectivity index (χ0n) is 16.2. The fraction of sp³-hybridized carbons (Fsp3) is 0.500. The standard InChI is InChI=1S/C20H27N3O3/c1-13-6-7-15(12-14(13)2)16(24)8-9-18(25)21-11-10-17-22-19(26-23-17)20(3,4)5/h6-7,12H,8-11H2,1-5H3,(H,21,25). The number of ketones is 1. The number of Topliss-reactive ketones (excluding diaryl/α,β-unsaturated/α-hetero) is 1. The summed E-state index contributed by atoms with van der Waals surface area (Å²) >= 11 is 0.